The van der Waals surface area contributed by atoms with E-state index in [0.717, 1.165) is 17.0 Å². The van der Waals surface area contributed by atoms with Crippen molar-refractivity contribution in [3.8, 4) is 0 Å². The number of nitrogens with zero attached hydrogens (tertiary/aromatic N) is 1. The third-order valence-corrected chi connectivity index (χ3v) is 2.62. The second kappa shape index (κ2) is 6.18. The normalized spacial score (nSPS) is 11.7. The van der Waals surface area contributed by atoms with Gasteiger partial charge in [0.25, 0.3) is 0 Å². The van der Waals surface area contributed by atoms with Crippen molar-refractivity contribution in [1.82, 2.24) is 0 Å². The van der Waals surface area contributed by atoms with Gasteiger partial charge in [0, 0.05) is 13.6 Å². The van der Waals surface area contributed by atoms with Gasteiger partial charge in [-0.3, -0.25) is 0 Å². The fraction of sp³-hybridized carbons (Fsp3) is 0.500. The van der Waals surface area contributed by atoms with E-state index in [0.29, 0.717) is 12.0 Å². The van der Waals surface area contributed by atoms with Gasteiger partial charge in [-0.1, -0.05) is 0 Å². The summed E-state index contributed by atoms with van der Waals surface area (Å²) in [5.74, 6) is -1.76. The van der Waals surface area contributed by atoms with E-state index in [-0.39, 0.29) is 6.54 Å². The zero-order valence-electron chi connectivity index (χ0n) is 10.4. The Bertz CT molecular complexity index is 408. The molecule has 108 valence electrons. The van der Waals surface area contributed by atoms with Gasteiger partial charge in [0.2, 0.25) is 0 Å². The summed E-state index contributed by atoms with van der Waals surface area (Å²) in [6.07, 6.45) is -5.19. The lowest BCUT2D eigenvalue weighted by Gasteiger charge is -2.21. The lowest BCUT2D eigenvalue weighted by molar-refractivity contribution is -0.132. The quantitative estimate of drug-likeness (QED) is 0.841. The minimum Gasteiger partial charge on any atom is -0.370 e. The van der Waals surface area contributed by atoms with Gasteiger partial charge < -0.3 is 10.6 Å². The van der Waals surface area contributed by atoms with Crippen LogP contribution in [0.4, 0.5) is 27.6 Å². The van der Waals surface area contributed by atoms with Crippen LogP contribution >= 0.6 is 0 Å². The second-order valence-corrected chi connectivity index (χ2v) is 4.23. The molecule has 1 aromatic carbocycles. The number of halogens is 5. The monoisotopic (exact) mass is 282 g/mol. The third-order valence-electron chi connectivity index (χ3n) is 2.62. The van der Waals surface area contributed by atoms with Crippen LogP contribution in [0.1, 0.15) is 12.0 Å². The molecule has 0 unspecified atom stereocenters. The summed E-state index contributed by atoms with van der Waals surface area (Å²) in [4.78, 5) is 0.921. The van der Waals surface area contributed by atoms with E-state index in [1.165, 1.54) is 7.05 Å². The zero-order valence-corrected chi connectivity index (χ0v) is 10.4. The highest BCUT2D eigenvalue weighted by Gasteiger charge is 2.28. The first-order chi connectivity index (χ1) is 8.74. The molecule has 0 amide bonds. The van der Waals surface area contributed by atoms with E-state index in [1.54, 1.807) is 0 Å². The highest BCUT2D eigenvalue weighted by atomic mass is 19.4. The predicted octanol–water partition coefficient (Wildman–Crippen LogP) is 2.85. The van der Waals surface area contributed by atoms with Gasteiger partial charge in [-0.15, -0.1) is 0 Å². The Morgan fingerprint density at radius 3 is 2.11 bits per heavy atom. The van der Waals surface area contributed by atoms with Crippen LogP contribution in [0.2, 0.25) is 0 Å². The first-order valence-electron chi connectivity index (χ1n) is 5.70. The van der Waals surface area contributed by atoms with Crippen molar-refractivity contribution in [2.75, 3.05) is 25.0 Å². The van der Waals surface area contributed by atoms with Crippen LogP contribution in [0.5, 0.6) is 0 Å². The van der Waals surface area contributed by atoms with E-state index in [2.05, 4.69) is 0 Å². The summed E-state index contributed by atoms with van der Waals surface area (Å²) in [5, 5.41) is 0. The van der Waals surface area contributed by atoms with E-state index >= 15 is 0 Å². The molecule has 0 radical (unpaired) electrons. The maximum Gasteiger partial charge on any atom is 0.390 e. The average molecular weight is 282 g/mol. The molecule has 7 heteroatoms. The predicted molar refractivity (Wildman–Crippen MR) is 63.1 cm³/mol. The molecule has 1 rings (SSSR count). The number of hydrogen-bond donors (Lipinski definition) is 1. The Labute approximate surface area is 108 Å². The van der Waals surface area contributed by atoms with Crippen molar-refractivity contribution in [1.29, 1.82) is 0 Å². The summed E-state index contributed by atoms with van der Waals surface area (Å²) < 4.78 is 63.6. The largest absolute Gasteiger partial charge is 0.390 e. The van der Waals surface area contributed by atoms with Crippen LogP contribution in [-0.2, 0) is 6.42 Å². The average Bonchev–Trinajstić information content (AvgIpc) is 2.25. The Hall–Kier alpha value is -1.37. The van der Waals surface area contributed by atoms with Crippen LogP contribution in [0.25, 0.3) is 0 Å². The van der Waals surface area contributed by atoms with Gasteiger partial charge in [-0.25, -0.2) is 8.78 Å². The summed E-state index contributed by atoms with van der Waals surface area (Å²) >= 11 is 0. The molecule has 0 aliphatic carbocycles. The number of rotatable bonds is 5. The van der Waals surface area contributed by atoms with E-state index in [1.807, 2.05) is 0 Å². The molecule has 0 aliphatic heterocycles. The zero-order chi connectivity index (χ0) is 14.6. The molecular weight excluding hydrogens is 267 g/mol. The molecule has 0 saturated heterocycles. The van der Waals surface area contributed by atoms with Crippen LogP contribution < -0.4 is 10.6 Å². The Morgan fingerprint density at radius 1 is 1.16 bits per heavy atom. The Kier molecular flexibility index (Phi) is 5.11. The van der Waals surface area contributed by atoms with Crippen LogP contribution in [0.3, 0.4) is 0 Å². The fourth-order valence-corrected chi connectivity index (χ4v) is 1.70. The van der Waals surface area contributed by atoms with Crippen molar-refractivity contribution in [3.63, 3.8) is 0 Å². The van der Waals surface area contributed by atoms with Crippen molar-refractivity contribution in [2.45, 2.75) is 19.0 Å². The van der Waals surface area contributed by atoms with Gasteiger partial charge >= 0.3 is 6.18 Å². The summed E-state index contributed by atoms with van der Waals surface area (Å²) in [6.45, 7) is -0.268. The van der Waals surface area contributed by atoms with Gasteiger partial charge in [-0.2, -0.15) is 13.2 Å². The highest BCUT2D eigenvalue weighted by molar-refractivity contribution is 5.50. The molecule has 0 fully saturated rings. The lowest BCUT2D eigenvalue weighted by Crippen LogP contribution is -2.25. The Balaban J connectivity index is 2.88. The smallest absolute Gasteiger partial charge is 0.370 e. The van der Waals surface area contributed by atoms with Crippen LogP contribution in [-0.4, -0.2) is 26.3 Å². The summed E-state index contributed by atoms with van der Waals surface area (Å²) in [7, 11) is 1.22. The molecule has 0 aromatic heterocycles. The van der Waals surface area contributed by atoms with E-state index in [4.69, 9.17) is 5.73 Å². The molecule has 2 N–H and O–H groups in total. The minimum absolute atomic E-state index is 0.238. The molecule has 0 bridgehead atoms. The number of hydrogen-bond acceptors (Lipinski definition) is 2. The highest BCUT2D eigenvalue weighted by Crippen LogP contribution is 2.26. The molecule has 0 saturated carbocycles. The number of anilines is 1. The van der Waals surface area contributed by atoms with E-state index in [9.17, 15) is 22.0 Å². The standard InChI is InChI=1S/C12H15F5N2/c1-19(5-3-12(15,16)17)11-9(13)6-8(2-4-18)7-10(11)14/h6-7H,2-5,18H2,1H3. The van der Waals surface area contributed by atoms with Gasteiger partial charge in [0.15, 0.2) is 0 Å². The molecule has 0 heterocycles. The molecule has 19 heavy (non-hydrogen) atoms. The van der Waals surface area contributed by atoms with Gasteiger partial charge in [0.1, 0.15) is 17.3 Å². The lowest BCUT2D eigenvalue weighted by atomic mass is 10.1. The first kappa shape index (κ1) is 15.7. The SMILES string of the molecule is CN(CCC(F)(F)F)c1c(F)cc(CCN)cc1F. The summed E-state index contributed by atoms with van der Waals surface area (Å²) in [6, 6.07) is 2.19. The Morgan fingerprint density at radius 2 is 1.68 bits per heavy atom. The molecule has 0 aliphatic rings. The van der Waals surface area contributed by atoms with Crippen molar-refractivity contribution < 1.29 is 22.0 Å². The third kappa shape index (κ3) is 4.66. The molecule has 0 spiro atoms. The van der Waals surface area contributed by atoms with Crippen molar-refractivity contribution in [2.24, 2.45) is 5.73 Å². The van der Waals surface area contributed by atoms with E-state index < -0.39 is 36.5 Å². The minimum atomic E-state index is -4.36. The maximum atomic E-state index is 13.7. The molecule has 2 nitrogen and oxygen atoms in total. The topological polar surface area (TPSA) is 29.3 Å². The second-order valence-electron chi connectivity index (χ2n) is 4.23. The van der Waals surface area contributed by atoms with Crippen LogP contribution in [0.15, 0.2) is 12.1 Å². The fourth-order valence-electron chi connectivity index (χ4n) is 1.70. The van der Waals surface area contributed by atoms with Crippen molar-refractivity contribution in [3.05, 3.63) is 29.3 Å². The maximum absolute atomic E-state index is 13.7. The van der Waals surface area contributed by atoms with Crippen LogP contribution in [0, 0.1) is 11.6 Å². The number of alkyl halides is 3. The molecule has 0 atom stereocenters. The first-order valence-corrected chi connectivity index (χ1v) is 5.70. The number of benzene rings is 1. The van der Waals surface area contributed by atoms with Crippen molar-refractivity contribution >= 4 is 5.69 Å². The molecular formula is C12H15F5N2. The van der Waals surface area contributed by atoms with Gasteiger partial charge in [-0.05, 0) is 30.7 Å². The molecule has 1 aromatic rings. The summed E-state index contributed by atoms with van der Waals surface area (Å²) in [5.41, 5.74) is 5.20. The van der Waals surface area contributed by atoms with Gasteiger partial charge in [0.05, 0.1) is 6.42 Å². The number of nitrogens with two attached hydrogens (primary N) is 1.